The lowest BCUT2D eigenvalue weighted by molar-refractivity contribution is -0.139. The molecule has 1 saturated heterocycles. The van der Waals surface area contributed by atoms with E-state index in [0.717, 1.165) is 24.3 Å². The monoisotopic (exact) mass is 371 g/mol. The van der Waals surface area contributed by atoms with Crippen LogP contribution in [0.25, 0.3) is 0 Å². The van der Waals surface area contributed by atoms with Gasteiger partial charge in [-0.1, -0.05) is 70.6 Å². The number of hydrogen-bond acceptors (Lipinski definition) is 2. The molecule has 0 aromatic carbocycles. The summed E-state index contributed by atoms with van der Waals surface area (Å²) < 4.78 is 0. The number of nitrogens with zero attached hydrogens (tertiary/aromatic N) is 1. The van der Waals surface area contributed by atoms with E-state index in [0.29, 0.717) is 6.04 Å². The molecule has 1 atom stereocenters. The molecule has 146 valence electrons. The minimum Gasteiger partial charge on any atom is -0.480 e. The number of hydrogen-bond donors (Lipinski definition) is 1. The molecule has 0 radical (unpaired) electrons. The lowest BCUT2D eigenvalue weighted by Gasteiger charge is -2.43. The molecule has 0 amide bonds. The fourth-order valence-electron chi connectivity index (χ4n) is 5.92. The summed E-state index contributed by atoms with van der Waals surface area (Å²) in [5.74, 6) is 2.07. The number of halogens is 1. The standard InChI is InChI=1S/C21H37NO2.ClH/c23-21(24)16-22-14-8-7-13-19(22)15-20(17-9-3-1-4-10-17)18-11-5-2-6-12-18;/h17-20H,1-16H2,(H,23,24);1H. The lowest BCUT2D eigenvalue weighted by atomic mass is 9.67. The van der Waals surface area contributed by atoms with Crippen molar-refractivity contribution in [3.05, 3.63) is 0 Å². The van der Waals surface area contributed by atoms with Crippen molar-refractivity contribution in [2.75, 3.05) is 13.1 Å². The Kier molecular flexibility index (Phi) is 9.06. The molecule has 1 unspecified atom stereocenters. The lowest BCUT2D eigenvalue weighted by Crippen LogP contribution is -2.45. The third-order valence-electron chi connectivity index (χ3n) is 7.14. The van der Waals surface area contributed by atoms with E-state index in [-0.39, 0.29) is 19.0 Å². The summed E-state index contributed by atoms with van der Waals surface area (Å²) in [6, 6.07) is 0.531. The Bertz CT molecular complexity index is 373. The normalized spacial score (nSPS) is 27.2. The van der Waals surface area contributed by atoms with Crippen molar-refractivity contribution in [2.24, 2.45) is 17.8 Å². The van der Waals surface area contributed by atoms with Gasteiger partial charge in [0.1, 0.15) is 0 Å². The maximum absolute atomic E-state index is 11.3. The smallest absolute Gasteiger partial charge is 0.317 e. The fourth-order valence-corrected chi connectivity index (χ4v) is 5.92. The Balaban J connectivity index is 0.00000225. The van der Waals surface area contributed by atoms with E-state index in [4.69, 9.17) is 0 Å². The fraction of sp³-hybridized carbons (Fsp3) is 0.952. The Morgan fingerprint density at radius 3 is 1.88 bits per heavy atom. The molecule has 2 saturated carbocycles. The number of carboxylic acid groups (broad SMARTS) is 1. The van der Waals surface area contributed by atoms with Crippen molar-refractivity contribution < 1.29 is 9.90 Å². The van der Waals surface area contributed by atoms with Crippen LogP contribution in [0.3, 0.4) is 0 Å². The number of aliphatic carboxylic acids is 1. The van der Waals surface area contributed by atoms with Gasteiger partial charge in [0.25, 0.3) is 0 Å². The number of carbonyl (C=O) groups is 1. The highest BCUT2D eigenvalue weighted by Crippen LogP contribution is 2.43. The van der Waals surface area contributed by atoms with Gasteiger partial charge in [-0.3, -0.25) is 9.69 Å². The van der Waals surface area contributed by atoms with Gasteiger partial charge >= 0.3 is 5.97 Å². The van der Waals surface area contributed by atoms with Gasteiger partial charge < -0.3 is 5.11 Å². The number of likely N-dealkylation sites (tertiary alicyclic amines) is 1. The van der Waals surface area contributed by atoms with Crippen LogP contribution in [0.2, 0.25) is 0 Å². The molecule has 4 heteroatoms. The maximum Gasteiger partial charge on any atom is 0.317 e. The zero-order valence-corrected chi connectivity index (χ0v) is 16.7. The minimum absolute atomic E-state index is 0. The van der Waals surface area contributed by atoms with Crippen LogP contribution in [0, 0.1) is 17.8 Å². The van der Waals surface area contributed by atoms with Gasteiger partial charge in [0.05, 0.1) is 6.54 Å². The highest BCUT2D eigenvalue weighted by molar-refractivity contribution is 5.85. The SMILES string of the molecule is Cl.O=C(O)CN1CCCCC1CC(C1CCCCC1)C1CCCCC1. The second kappa shape index (κ2) is 10.8. The summed E-state index contributed by atoms with van der Waals surface area (Å²) in [4.78, 5) is 13.6. The van der Waals surface area contributed by atoms with Gasteiger partial charge in [0.15, 0.2) is 0 Å². The van der Waals surface area contributed by atoms with Crippen molar-refractivity contribution in [2.45, 2.75) is 95.9 Å². The van der Waals surface area contributed by atoms with Crippen molar-refractivity contribution in [1.82, 2.24) is 4.90 Å². The first-order chi connectivity index (χ1) is 11.7. The summed E-state index contributed by atoms with van der Waals surface area (Å²) in [7, 11) is 0. The first-order valence-electron chi connectivity index (χ1n) is 10.7. The topological polar surface area (TPSA) is 40.5 Å². The van der Waals surface area contributed by atoms with Crippen LogP contribution in [-0.4, -0.2) is 35.1 Å². The second-order valence-corrected chi connectivity index (χ2v) is 8.71. The Labute approximate surface area is 160 Å². The second-order valence-electron chi connectivity index (χ2n) is 8.71. The largest absolute Gasteiger partial charge is 0.480 e. The highest BCUT2D eigenvalue weighted by Gasteiger charge is 2.35. The molecule has 3 fully saturated rings. The van der Waals surface area contributed by atoms with Crippen molar-refractivity contribution in [3.63, 3.8) is 0 Å². The molecular weight excluding hydrogens is 334 g/mol. The van der Waals surface area contributed by atoms with E-state index in [9.17, 15) is 9.90 Å². The molecular formula is C21H38ClNO2. The summed E-state index contributed by atoms with van der Waals surface area (Å²) in [6.45, 7) is 1.26. The molecule has 0 aromatic heterocycles. The van der Waals surface area contributed by atoms with Gasteiger partial charge in [0.2, 0.25) is 0 Å². The van der Waals surface area contributed by atoms with E-state index in [2.05, 4.69) is 4.90 Å². The van der Waals surface area contributed by atoms with Crippen LogP contribution >= 0.6 is 12.4 Å². The summed E-state index contributed by atoms with van der Waals surface area (Å²) in [5.41, 5.74) is 0. The zero-order chi connectivity index (χ0) is 16.8. The quantitative estimate of drug-likeness (QED) is 0.668. The van der Waals surface area contributed by atoms with Crippen LogP contribution in [0.1, 0.15) is 89.9 Å². The molecule has 3 nitrogen and oxygen atoms in total. The van der Waals surface area contributed by atoms with Gasteiger partial charge in [-0.25, -0.2) is 0 Å². The third kappa shape index (κ3) is 6.13. The molecule has 3 aliphatic rings. The Morgan fingerprint density at radius 2 is 1.36 bits per heavy atom. The number of rotatable bonds is 6. The van der Waals surface area contributed by atoms with E-state index >= 15 is 0 Å². The number of carboxylic acids is 1. The minimum atomic E-state index is -0.645. The highest BCUT2D eigenvalue weighted by atomic mass is 35.5. The van der Waals surface area contributed by atoms with Gasteiger partial charge in [-0.05, 0) is 43.6 Å². The van der Waals surface area contributed by atoms with Crippen LogP contribution in [0.4, 0.5) is 0 Å². The molecule has 0 bridgehead atoms. The average molecular weight is 372 g/mol. The van der Waals surface area contributed by atoms with Crippen LogP contribution in [0.15, 0.2) is 0 Å². The van der Waals surface area contributed by atoms with E-state index in [1.165, 1.54) is 89.9 Å². The van der Waals surface area contributed by atoms with Gasteiger partial charge in [0, 0.05) is 6.04 Å². The predicted molar refractivity (Wildman–Crippen MR) is 105 cm³/mol. The molecule has 25 heavy (non-hydrogen) atoms. The maximum atomic E-state index is 11.3. The van der Waals surface area contributed by atoms with Crippen molar-refractivity contribution >= 4 is 18.4 Å². The van der Waals surface area contributed by atoms with E-state index in [1.807, 2.05) is 0 Å². The molecule has 2 aliphatic carbocycles. The van der Waals surface area contributed by atoms with Crippen molar-refractivity contribution in [1.29, 1.82) is 0 Å². The summed E-state index contributed by atoms with van der Waals surface area (Å²) in [5, 5.41) is 9.27. The van der Waals surface area contributed by atoms with Gasteiger partial charge in [-0.15, -0.1) is 12.4 Å². The molecule has 1 N–H and O–H groups in total. The first-order valence-corrected chi connectivity index (χ1v) is 10.7. The third-order valence-corrected chi connectivity index (χ3v) is 7.14. The Hall–Kier alpha value is -0.280. The van der Waals surface area contributed by atoms with E-state index < -0.39 is 5.97 Å². The predicted octanol–water partition coefficient (Wildman–Crippen LogP) is 5.51. The average Bonchev–Trinajstić information content (AvgIpc) is 2.62. The van der Waals surface area contributed by atoms with Crippen LogP contribution in [-0.2, 0) is 4.79 Å². The molecule has 1 aliphatic heterocycles. The van der Waals surface area contributed by atoms with Crippen LogP contribution < -0.4 is 0 Å². The summed E-state index contributed by atoms with van der Waals surface area (Å²) in [6.07, 6.45) is 19.3. The Morgan fingerprint density at radius 1 is 0.840 bits per heavy atom. The van der Waals surface area contributed by atoms with Gasteiger partial charge in [-0.2, -0.15) is 0 Å². The first kappa shape index (κ1) is 21.0. The number of piperidine rings is 1. The molecule has 0 spiro atoms. The molecule has 3 rings (SSSR count). The zero-order valence-electron chi connectivity index (χ0n) is 15.8. The molecule has 1 heterocycles. The van der Waals surface area contributed by atoms with Crippen LogP contribution in [0.5, 0.6) is 0 Å². The molecule has 0 aromatic rings. The summed E-state index contributed by atoms with van der Waals surface area (Å²) >= 11 is 0. The van der Waals surface area contributed by atoms with E-state index in [1.54, 1.807) is 0 Å². The van der Waals surface area contributed by atoms with Crippen molar-refractivity contribution in [3.8, 4) is 0 Å².